The SMILES string of the molecule is Cc1nn(-c2ccc(F)cc2)c(Cl)c1/C=C(\C#N)C(=O)NC1CCCC1. The second kappa shape index (κ2) is 7.71. The van der Waals surface area contributed by atoms with Crippen molar-refractivity contribution in [2.45, 2.75) is 38.6 Å². The highest BCUT2D eigenvalue weighted by Crippen LogP contribution is 2.26. The summed E-state index contributed by atoms with van der Waals surface area (Å²) in [4.78, 5) is 12.4. The number of aromatic nitrogens is 2. The van der Waals surface area contributed by atoms with Crippen molar-refractivity contribution in [3.05, 3.63) is 52.1 Å². The molecule has 1 aliphatic carbocycles. The summed E-state index contributed by atoms with van der Waals surface area (Å²) >= 11 is 6.40. The molecule has 1 aromatic heterocycles. The number of carbonyl (C=O) groups is 1. The minimum atomic E-state index is -0.399. The number of nitrogens with one attached hydrogen (secondary N) is 1. The van der Waals surface area contributed by atoms with E-state index in [0.717, 1.165) is 25.7 Å². The van der Waals surface area contributed by atoms with Gasteiger partial charge in [-0.2, -0.15) is 10.4 Å². The number of hydrogen-bond donors (Lipinski definition) is 1. The van der Waals surface area contributed by atoms with Crippen LogP contribution in [0.5, 0.6) is 0 Å². The monoisotopic (exact) mass is 372 g/mol. The van der Waals surface area contributed by atoms with E-state index in [-0.39, 0.29) is 22.6 Å². The third-order valence-electron chi connectivity index (χ3n) is 4.46. The first-order valence-corrected chi connectivity index (χ1v) is 8.81. The molecule has 0 atom stereocenters. The van der Waals surface area contributed by atoms with Gasteiger partial charge in [0.15, 0.2) is 0 Å². The normalized spacial score (nSPS) is 15.1. The molecule has 0 aliphatic heterocycles. The fraction of sp³-hybridized carbons (Fsp3) is 0.316. The van der Waals surface area contributed by atoms with Crippen molar-refractivity contribution in [2.24, 2.45) is 0 Å². The standard InChI is InChI=1S/C19H18ClFN4O/c1-12-17(10-13(11-22)19(26)23-15-4-2-3-5-15)18(20)25(24-12)16-8-6-14(21)7-9-16/h6-10,15H,2-5H2,1H3,(H,23,26)/b13-10+. The lowest BCUT2D eigenvalue weighted by molar-refractivity contribution is -0.117. The Labute approximate surface area is 156 Å². The second-order valence-corrected chi connectivity index (χ2v) is 6.66. The molecule has 1 saturated carbocycles. The summed E-state index contributed by atoms with van der Waals surface area (Å²) in [6.45, 7) is 1.74. The summed E-state index contributed by atoms with van der Waals surface area (Å²) in [5.74, 6) is -0.756. The molecule has 26 heavy (non-hydrogen) atoms. The van der Waals surface area contributed by atoms with Crippen molar-refractivity contribution in [3.63, 3.8) is 0 Å². The Bertz CT molecular complexity index is 889. The highest BCUT2D eigenvalue weighted by molar-refractivity contribution is 6.31. The van der Waals surface area contributed by atoms with Crippen molar-refractivity contribution in [1.29, 1.82) is 5.26 Å². The van der Waals surface area contributed by atoms with Gasteiger partial charge < -0.3 is 5.32 Å². The minimum Gasteiger partial charge on any atom is -0.349 e. The van der Waals surface area contributed by atoms with Gasteiger partial charge in [-0.05, 0) is 50.1 Å². The average molecular weight is 373 g/mol. The van der Waals surface area contributed by atoms with E-state index in [1.165, 1.54) is 22.9 Å². The summed E-state index contributed by atoms with van der Waals surface area (Å²) in [5, 5.41) is 16.9. The van der Waals surface area contributed by atoms with E-state index in [4.69, 9.17) is 11.6 Å². The fourth-order valence-corrected chi connectivity index (χ4v) is 3.38. The maximum Gasteiger partial charge on any atom is 0.262 e. The molecule has 1 fully saturated rings. The molecular weight excluding hydrogens is 355 g/mol. The van der Waals surface area contributed by atoms with Crippen LogP contribution in [0.3, 0.4) is 0 Å². The Balaban J connectivity index is 1.90. The molecule has 1 N–H and O–H groups in total. The summed E-state index contributed by atoms with van der Waals surface area (Å²) in [6, 6.07) is 7.80. The van der Waals surface area contributed by atoms with E-state index >= 15 is 0 Å². The van der Waals surface area contributed by atoms with Crippen LogP contribution < -0.4 is 5.32 Å². The van der Waals surface area contributed by atoms with Gasteiger partial charge in [0.05, 0.1) is 11.4 Å². The smallest absolute Gasteiger partial charge is 0.262 e. The Morgan fingerprint density at radius 2 is 2.04 bits per heavy atom. The molecule has 7 heteroatoms. The van der Waals surface area contributed by atoms with E-state index in [0.29, 0.717) is 16.9 Å². The van der Waals surface area contributed by atoms with E-state index in [9.17, 15) is 14.4 Å². The Hall–Kier alpha value is -2.65. The van der Waals surface area contributed by atoms with Gasteiger partial charge in [-0.25, -0.2) is 9.07 Å². The average Bonchev–Trinajstić information content (AvgIpc) is 3.22. The third-order valence-corrected chi connectivity index (χ3v) is 4.83. The van der Waals surface area contributed by atoms with Gasteiger partial charge >= 0.3 is 0 Å². The number of rotatable bonds is 4. The number of halogens is 2. The van der Waals surface area contributed by atoms with E-state index in [1.807, 2.05) is 6.07 Å². The van der Waals surface area contributed by atoms with Crippen LogP contribution in [0.4, 0.5) is 4.39 Å². The third kappa shape index (κ3) is 3.78. The van der Waals surface area contributed by atoms with Crippen LogP contribution >= 0.6 is 11.6 Å². The lowest BCUT2D eigenvalue weighted by Gasteiger charge is -2.10. The number of hydrogen-bond acceptors (Lipinski definition) is 3. The first-order chi connectivity index (χ1) is 12.5. The topological polar surface area (TPSA) is 70.7 Å². The zero-order valence-corrected chi connectivity index (χ0v) is 15.1. The molecule has 5 nitrogen and oxygen atoms in total. The molecule has 134 valence electrons. The van der Waals surface area contributed by atoms with Gasteiger partial charge in [0.1, 0.15) is 22.6 Å². The van der Waals surface area contributed by atoms with Crippen LogP contribution in [0.1, 0.15) is 36.9 Å². The van der Waals surface area contributed by atoms with Crippen molar-refractivity contribution >= 4 is 23.6 Å². The molecule has 1 aromatic carbocycles. The highest BCUT2D eigenvalue weighted by atomic mass is 35.5. The number of nitrogens with zero attached hydrogens (tertiary/aromatic N) is 3. The van der Waals surface area contributed by atoms with Gasteiger partial charge in [0.2, 0.25) is 0 Å². The maximum atomic E-state index is 13.1. The molecule has 1 aliphatic rings. The van der Waals surface area contributed by atoms with Gasteiger partial charge in [-0.1, -0.05) is 24.4 Å². The van der Waals surface area contributed by atoms with Crippen LogP contribution in [0.2, 0.25) is 5.15 Å². The largest absolute Gasteiger partial charge is 0.349 e. The zero-order valence-electron chi connectivity index (χ0n) is 14.3. The van der Waals surface area contributed by atoms with Crippen molar-refractivity contribution < 1.29 is 9.18 Å². The van der Waals surface area contributed by atoms with E-state index < -0.39 is 5.91 Å². The summed E-state index contributed by atoms with van der Waals surface area (Å²) < 4.78 is 14.6. The van der Waals surface area contributed by atoms with E-state index in [2.05, 4.69) is 10.4 Å². The predicted octanol–water partition coefficient (Wildman–Crippen LogP) is 3.94. The van der Waals surface area contributed by atoms with Crippen LogP contribution in [0, 0.1) is 24.1 Å². The van der Waals surface area contributed by atoms with E-state index in [1.54, 1.807) is 19.1 Å². The van der Waals surface area contributed by atoms with Crippen LogP contribution in [-0.2, 0) is 4.79 Å². The molecule has 0 radical (unpaired) electrons. The number of carbonyl (C=O) groups excluding carboxylic acids is 1. The number of amides is 1. The molecule has 0 spiro atoms. The molecular formula is C19H18ClFN4O. The molecule has 1 heterocycles. The Morgan fingerprint density at radius 3 is 2.65 bits per heavy atom. The minimum absolute atomic E-state index is 0.0134. The number of benzene rings is 1. The van der Waals surface area contributed by atoms with Crippen LogP contribution in [0.15, 0.2) is 29.8 Å². The van der Waals surface area contributed by atoms with Crippen LogP contribution in [0.25, 0.3) is 11.8 Å². The molecule has 0 saturated heterocycles. The Kier molecular flexibility index (Phi) is 5.38. The molecule has 0 unspecified atom stereocenters. The maximum absolute atomic E-state index is 13.1. The van der Waals surface area contributed by atoms with Gasteiger partial charge in [-0.15, -0.1) is 0 Å². The first kappa shape index (κ1) is 18.2. The summed E-state index contributed by atoms with van der Waals surface area (Å²) in [6.07, 6.45) is 5.51. The predicted molar refractivity (Wildman–Crippen MR) is 97.3 cm³/mol. The first-order valence-electron chi connectivity index (χ1n) is 8.43. The zero-order chi connectivity index (χ0) is 18.7. The highest BCUT2D eigenvalue weighted by Gasteiger charge is 2.21. The summed E-state index contributed by atoms with van der Waals surface area (Å²) in [5.41, 5.74) is 1.64. The van der Waals surface area contributed by atoms with Crippen molar-refractivity contribution in [3.8, 4) is 11.8 Å². The second-order valence-electron chi connectivity index (χ2n) is 6.30. The quantitative estimate of drug-likeness (QED) is 0.652. The van der Waals surface area contributed by atoms with Gasteiger partial charge in [0.25, 0.3) is 5.91 Å². The van der Waals surface area contributed by atoms with Crippen molar-refractivity contribution in [2.75, 3.05) is 0 Å². The van der Waals surface area contributed by atoms with Crippen molar-refractivity contribution in [1.82, 2.24) is 15.1 Å². The lowest BCUT2D eigenvalue weighted by atomic mass is 10.1. The Morgan fingerprint density at radius 1 is 1.38 bits per heavy atom. The number of nitriles is 1. The molecule has 3 rings (SSSR count). The molecule has 1 amide bonds. The van der Waals surface area contributed by atoms with Gasteiger partial charge in [0, 0.05) is 11.6 Å². The van der Waals surface area contributed by atoms with Crippen LogP contribution in [-0.4, -0.2) is 21.7 Å². The molecule has 2 aromatic rings. The summed E-state index contributed by atoms with van der Waals surface area (Å²) in [7, 11) is 0. The van der Waals surface area contributed by atoms with Gasteiger partial charge in [-0.3, -0.25) is 4.79 Å². The molecule has 0 bridgehead atoms. The lowest BCUT2D eigenvalue weighted by Crippen LogP contribution is -2.33. The fourth-order valence-electron chi connectivity index (χ4n) is 3.05. The number of aryl methyl sites for hydroxylation is 1.